The van der Waals surface area contributed by atoms with E-state index in [9.17, 15) is 58.8 Å². The molecule has 12 bridgehead atoms. The first-order valence-corrected chi connectivity index (χ1v) is 23.6. The van der Waals surface area contributed by atoms with E-state index in [1.54, 1.807) is 0 Å². The summed E-state index contributed by atoms with van der Waals surface area (Å²) in [6.45, 7) is 4.89. The second-order valence-electron chi connectivity index (χ2n) is 17.9. The lowest BCUT2D eigenvalue weighted by Gasteiger charge is -2.26. The molecule has 7 rings (SSSR count). The SMILES string of the molecule is C[C@H](NC(=O)c1cc2c3c(c1)Cc1cc(C(=O)N[C@@H](C)C(=O)[O-])cc4c1OCCOCCOc1c(cc(C(=O)N[C@@H](C)C(=O)[O-])cc1Cc1cc(C(=O)N[C@@H](C)C(=O)[O-])cc(c1OCCOCCO3)C2)C4)C(=O)[O-]. The molecule has 0 fully saturated rings. The van der Waals surface area contributed by atoms with Crippen molar-refractivity contribution in [1.82, 2.24) is 21.3 Å². The van der Waals surface area contributed by atoms with Crippen LogP contribution in [0.5, 0.6) is 23.0 Å². The number of carboxylic acid groups (broad SMARTS) is 4. The zero-order valence-electron chi connectivity index (χ0n) is 40.8. The summed E-state index contributed by atoms with van der Waals surface area (Å²) in [5.41, 5.74) is 2.15. The fraction of sp³-hybridized carbons (Fsp3) is 0.385. The van der Waals surface area contributed by atoms with E-state index in [-0.39, 0.29) is 146 Å². The second-order valence-corrected chi connectivity index (χ2v) is 17.9. The summed E-state index contributed by atoms with van der Waals surface area (Å²) in [6, 6.07) is 5.92. The van der Waals surface area contributed by atoms with Gasteiger partial charge in [-0.15, -0.1) is 0 Å². The Kier molecular flexibility index (Phi) is 17.0. The zero-order valence-corrected chi connectivity index (χ0v) is 40.8. The maximum atomic E-state index is 14.1. The molecule has 0 aromatic heterocycles. The average Bonchev–Trinajstić information content (AvgIpc) is 3.33. The fourth-order valence-corrected chi connectivity index (χ4v) is 8.53. The monoisotopic (exact) mass is 1020 g/mol. The minimum absolute atomic E-state index is 0.0421. The third kappa shape index (κ3) is 12.9. The molecular formula is C52H52N4O18-4. The molecule has 0 radical (unpaired) electrons. The Morgan fingerprint density at radius 2 is 0.514 bits per heavy atom. The number of carbonyl (C=O) groups excluding carboxylic acids is 8. The van der Waals surface area contributed by atoms with Crippen molar-refractivity contribution in [2.24, 2.45) is 0 Å². The van der Waals surface area contributed by atoms with Crippen molar-refractivity contribution < 1.29 is 87.2 Å². The summed E-state index contributed by atoms with van der Waals surface area (Å²) in [6.07, 6.45) is -0.741. The molecule has 4 N–H and O–H groups in total. The van der Waals surface area contributed by atoms with Gasteiger partial charge in [0.15, 0.2) is 0 Å². The van der Waals surface area contributed by atoms with E-state index in [4.69, 9.17) is 28.4 Å². The normalized spacial score (nSPS) is 15.9. The highest BCUT2D eigenvalue weighted by atomic mass is 16.6. The fourth-order valence-electron chi connectivity index (χ4n) is 8.53. The van der Waals surface area contributed by atoms with Crippen LogP contribution in [0.4, 0.5) is 0 Å². The first-order valence-electron chi connectivity index (χ1n) is 23.6. The van der Waals surface area contributed by atoms with Gasteiger partial charge in [0.1, 0.15) is 49.4 Å². The number of rotatable bonds is 12. The van der Waals surface area contributed by atoms with Crippen LogP contribution < -0.4 is 60.6 Å². The van der Waals surface area contributed by atoms with Crippen LogP contribution in [0.1, 0.15) is 114 Å². The number of hydrogen-bond acceptors (Lipinski definition) is 18. The Labute approximate surface area is 423 Å². The van der Waals surface area contributed by atoms with Gasteiger partial charge in [-0.05, 0) is 121 Å². The molecule has 0 saturated heterocycles. The van der Waals surface area contributed by atoms with Gasteiger partial charge in [-0.3, -0.25) is 19.2 Å². The molecule has 74 heavy (non-hydrogen) atoms. The van der Waals surface area contributed by atoms with Crippen LogP contribution in [0.15, 0.2) is 48.5 Å². The van der Waals surface area contributed by atoms with Gasteiger partial charge in [0.2, 0.25) is 0 Å². The molecule has 4 atom stereocenters. The van der Waals surface area contributed by atoms with Crippen molar-refractivity contribution in [3.05, 3.63) is 115 Å². The summed E-state index contributed by atoms with van der Waals surface area (Å²) in [5.74, 6) is -8.77. The zero-order chi connectivity index (χ0) is 53.4. The maximum absolute atomic E-state index is 14.1. The van der Waals surface area contributed by atoms with Crippen LogP contribution in [0, 0.1) is 0 Å². The van der Waals surface area contributed by atoms with E-state index in [1.165, 1.54) is 76.2 Å². The molecule has 2 heterocycles. The Morgan fingerprint density at radius 3 is 0.676 bits per heavy atom. The topological polar surface area (TPSA) is 332 Å². The Morgan fingerprint density at radius 1 is 0.338 bits per heavy atom. The standard InChI is InChI=1S/C52H56N4O18/c1-25(49(61)62)53-45(57)37-17-29-13-30-18-38(46(58)54-26(2)50(63)64)23-35-16-36-24-40(48(60)56-28(4)52(67)68)20-32-14-31-19-39(47(59)55-27(3)51(65)66)22-34(43(31)73-11-7-70-8-12-74-44(32)36)15-33(21-37)41(29)71-9-5-69-6-10-72-42(30)35/h17-28H,5-16H2,1-4H3,(H,53,57)(H,54,58)(H,55,59)(H,56,60)(H,61,62)(H,63,64)(H,65,66)(H,67,68)/p-4/t25-,26-,27-,28-/m0/s1. The molecule has 22 nitrogen and oxygen atoms in total. The number of aliphatic carboxylic acids is 4. The van der Waals surface area contributed by atoms with E-state index in [0.29, 0.717) is 22.3 Å². The van der Waals surface area contributed by atoms with Crippen molar-refractivity contribution >= 4 is 47.5 Å². The third-order valence-corrected chi connectivity index (χ3v) is 12.2. The van der Waals surface area contributed by atoms with Crippen LogP contribution in [-0.4, -0.2) is 125 Å². The Balaban J connectivity index is 1.61. The summed E-state index contributed by atoms with van der Waals surface area (Å²) in [7, 11) is 0. The van der Waals surface area contributed by atoms with Crippen LogP contribution in [-0.2, 0) is 54.3 Å². The summed E-state index contributed by atoms with van der Waals surface area (Å²) in [4.78, 5) is 104. The minimum atomic E-state index is -1.56. The number of amides is 4. The van der Waals surface area contributed by atoms with Gasteiger partial charge in [0.05, 0.1) is 74.5 Å². The van der Waals surface area contributed by atoms with E-state index >= 15 is 0 Å². The van der Waals surface area contributed by atoms with E-state index in [1.807, 2.05) is 0 Å². The van der Waals surface area contributed by atoms with Gasteiger partial charge >= 0.3 is 0 Å². The predicted molar refractivity (Wildman–Crippen MR) is 248 cm³/mol. The van der Waals surface area contributed by atoms with Gasteiger partial charge < -0.3 is 89.3 Å². The number of ether oxygens (including phenoxy) is 6. The lowest BCUT2D eigenvalue weighted by atomic mass is 9.88. The molecule has 3 aliphatic rings. The van der Waals surface area contributed by atoms with E-state index < -0.39 is 71.7 Å². The highest BCUT2D eigenvalue weighted by molar-refractivity contribution is 6.00. The number of hydrogen-bond donors (Lipinski definition) is 4. The summed E-state index contributed by atoms with van der Waals surface area (Å²) < 4.78 is 37.9. The smallest absolute Gasteiger partial charge is 0.251 e. The maximum Gasteiger partial charge on any atom is 0.251 e. The van der Waals surface area contributed by atoms with Crippen LogP contribution in [0.2, 0.25) is 0 Å². The molecule has 1 aliphatic carbocycles. The number of benzene rings is 4. The molecule has 22 heteroatoms. The van der Waals surface area contributed by atoms with Gasteiger partial charge in [-0.1, -0.05) is 0 Å². The van der Waals surface area contributed by atoms with Crippen molar-refractivity contribution in [1.29, 1.82) is 0 Å². The lowest BCUT2D eigenvalue weighted by molar-refractivity contribution is -0.308. The second kappa shape index (κ2) is 23.5. The van der Waals surface area contributed by atoms with Gasteiger partial charge in [0, 0.05) is 47.9 Å². The van der Waals surface area contributed by atoms with Gasteiger partial charge in [-0.2, -0.15) is 0 Å². The quantitative estimate of drug-likeness (QED) is 0.0996. The molecule has 4 amide bonds. The van der Waals surface area contributed by atoms with E-state index in [2.05, 4.69) is 21.3 Å². The first kappa shape index (κ1) is 53.6. The van der Waals surface area contributed by atoms with Crippen molar-refractivity contribution in [2.75, 3.05) is 52.9 Å². The van der Waals surface area contributed by atoms with Crippen LogP contribution in [0.3, 0.4) is 0 Å². The van der Waals surface area contributed by atoms with Gasteiger partial charge in [-0.25, -0.2) is 0 Å². The third-order valence-electron chi connectivity index (χ3n) is 12.2. The number of carbonyl (C=O) groups is 8. The van der Waals surface area contributed by atoms with Crippen LogP contribution >= 0.6 is 0 Å². The highest BCUT2D eigenvalue weighted by Crippen LogP contribution is 2.41. The molecule has 4 aromatic carbocycles. The Bertz CT molecular complexity index is 2520. The molecule has 4 aromatic rings. The lowest BCUT2D eigenvalue weighted by Crippen LogP contribution is -2.46. The molecule has 0 spiro atoms. The molecule has 392 valence electrons. The predicted octanol–water partition coefficient (Wildman–Crippen LogP) is -2.59. The van der Waals surface area contributed by atoms with Crippen molar-refractivity contribution in [3.8, 4) is 23.0 Å². The molecule has 0 unspecified atom stereocenters. The molecule has 2 aliphatic heterocycles. The molecular weight excluding hydrogens is 969 g/mol. The first-order chi connectivity index (χ1) is 35.3. The van der Waals surface area contributed by atoms with Crippen LogP contribution in [0.25, 0.3) is 0 Å². The molecule has 0 saturated carbocycles. The van der Waals surface area contributed by atoms with E-state index in [0.717, 1.165) is 0 Å². The largest absolute Gasteiger partial charge is 0.548 e. The van der Waals surface area contributed by atoms with Crippen molar-refractivity contribution in [3.63, 3.8) is 0 Å². The van der Waals surface area contributed by atoms with Gasteiger partial charge in [0.25, 0.3) is 23.6 Å². The summed E-state index contributed by atoms with van der Waals surface area (Å²) >= 11 is 0. The number of nitrogens with one attached hydrogen (secondary N) is 4. The van der Waals surface area contributed by atoms with Crippen molar-refractivity contribution in [2.45, 2.75) is 77.5 Å². The highest BCUT2D eigenvalue weighted by Gasteiger charge is 2.29. The minimum Gasteiger partial charge on any atom is -0.548 e. The number of carboxylic acids is 4. The Hall–Kier alpha value is -8.24. The summed E-state index contributed by atoms with van der Waals surface area (Å²) in [5, 5.41) is 57.2. The average molecular weight is 1020 g/mol.